The highest BCUT2D eigenvalue weighted by molar-refractivity contribution is 6.30. The van der Waals surface area contributed by atoms with E-state index < -0.39 is 11.5 Å². The minimum absolute atomic E-state index is 0.0416. The number of aromatic carboxylic acids is 1. The molecule has 1 heterocycles. The van der Waals surface area contributed by atoms with Crippen LogP contribution in [-0.2, 0) is 0 Å². The smallest absolute Gasteiger partial charge is 0.357 e. The quantitative estimate of drug-likeness (QED) is 0.700. The van der Waals surface area contributed by atoms with Gasteiger partial charge in [-0.25, -0.2) is 4.79 Å². The molecule has 0 bridgehead atoms. The number of carbonyl (C=O) groups is 1. The molecule has 0 spiro atoms. The first-order chi connectivity index (χ1) is 13.8. The van der Waals surface area contributed by atoms with Crippen LogP contribution in [0.1, 0.15) is 38.3 Å². The van der Waals surface area contributed by atoms with E-state index in [-0.39, 0.29) is 16.8 Å². The van der Waals surface area contributed by atoms with Crippen LogP contribution in [0, 0.1) is 25.2 Å². The van der Waals surface area contributed by atoms with Crippen molar-refractivity contribution in [2.75, 3.05) is 0 Å². The van der Waals surface area contributed by atoms with E-state index in [1.54, 1.807) is 48.5 Å². The van der Waals surface area contributed by atoms with Gasteiger partial charge in [-0.15, -0.1) is 0 Å². The van der Waals surface area contributed by atoms with Gasteiger partial charge in [-0.3, -0.25) is 4.79 Å². The summed E-state index contributed by atoms with van der Waals surface area (Å²) in [6.07, 6.45) is 3.00. The molecule has 0 unspecified atom stereocenters. The van der Waals surface area contributed by atoms with Gasteiger partial charge in [0.1, 0.15) is 11.6 Å². The van der Waals surface area contributed by atoms with Crippen LogP contribution in [0.15, 0.2) is 47.3 Å². The third-order valence-corrected chi connectivity index (χ3v) is 4.74. The van der Waals surface area contributed by atoms with Crippen LogP contribution in [0.25, 0.3) is 17.8 Å². The zero-order chi connectivity index (χ0) is 21.1. The lowest BCUT2D eigenvalue weighted by Crippen LogP contribution is -2.28. The van der Waals surface area contributed by atoms with Crippen molar-refractivity contribution in [3.63, 3.8) is 0 Å². The van der Waals surface area contributed by atoms with Gasteiger partial charge in [-0.1, -0.05) is 42.0 Å². The minimum atomic E-state index is -1.34. The second-order valence-electron chi connectivity index (χ2n) is 6.42. The number of halogens is 1. The van der Waals surface area contributed by atoms with E-state index in [9.17, 15) is 20.0 Å². The summed E-state index contributed by atoms with van der Waals surface area (Å²) in [5.41, 5.74) is 1.65. The van der Waals surface area contributed by atoms with Crippen molar-refractivity contribution in [2.24, 2.45) is 0 Å². The number of rotatable bonds is 4. The van der Waals surface area contributed by atoms with Gasteiger partial charge in [0.2, 0.25) is 0 Å². The normalized spacial score (nSPS) is 10.8. The topological polar surface area (TPSA) is 96.0 Å². The lowest BCUT2D eigenvalue weighted by Gasteiger charge is -2.11. The van der Waals surface area contributed by atoms with Crippen LogP contribution in [0.2, 0.25) is 5.02 Å². The molecule has 6 nitrogen and oxygen atoms in total. The van der Waals surface area contributed by atoms with Crippen LogP contribution >= 0.6 is 11.6 Å². The SMILES string of the molecule is Cc1ccc(-n2nc(C(=O)O)c(/C=C\c3ccc(Cl)cc3)c(C#N)c2=O)cc1C. The maximum Gasteiger partial charge on any atom is 0.357 e. The Bertz CT molecular complexity index is 1240. The zero-order valence-corrected chi connectivity index (χ0v) is 16.4. The van der Waals surface area contributed by atoms with Crippen LogP contribution in [-0.4, -0.2) is 20.9 Å². The summed E-state index contributed by atoms with van der Waals surface area (Å²) in [5, 5.41) is 23.8. The third-order valence-electron chi connectivity index (χ3n) is 4.49. The van der Waals surface area contributed by atoms with Crippen molar-refractivity contribution in [2.45, 2.75) is 13.8 Å². The van der Waals surface area contributed by atoms with Gasteiger partial charge in [-0.05, 0) is 54.8 Å². The molecule has 0 fully saturated rings. The molecule has 1 aromatic heterocycles. The van der Waals surface area contributed by atoms with Crippen LogP contribution in [0.5, 0.6) is 0 Å². The molecule has 0 amide bonds. The molecule has 0 atom stereocenters. The Balaban J connectivity index is 2.21. The van der Waals surface area contributed by atoms with Gasteiger partial charge in [-0.2, -0.15) is 15.0 Å². The van der Waals surface area contributed by atoms with E-state index in [4.69, 9.17) is 11.6 Å². The maximum absolute atomic E-state index is 12.9. The molecule has 0 saturated carbocycles. The lowest BCUT2D eigenvalue weighted by atomic mass is 10.1. The van der Waals surface area contributed by atoms with Crippen molar-refractivity contribution in [1.82, 2.24) is 9.78 Å². The summed E-state index contributed by atoms with van der Waals surface area (Å²) in [4.78, 5) is 24.7. The van der Waals surface area contributed by atoms with Gasteiger partial charge in [0, 0.05) is 10.6 Å². The second-order valence-corrected chi connectivity index (χ2v) is 6.86. The molecule has 7 heteroatoms. The monoisotopic (exact) mass is 405 g/mol. The van der Waals surface area contributed by atoms with E-state index >= 15 is 0 Å². The Hall–Kier alpha value is -3.69. The van der Waals surface area contributed by atoms with Gasteiger partial charge in [0.25, 0.3) is 5.56 Å². The number of carboxylic acid groups (broad SMARTS) is 1. The van der Waals surface area contributed by atoms with Gasteiger partial charge < -0.3 is 5.11 Å². The Labute approximate surface area is 171 Å². The highest BCUT2D eigenvalue weighted by Gasteiger charge is 2.21. The van der Waals surface area contributed by atoms with Crippen molar-refractivity contribution in [1.29, 1.82) is 5.26 Å². The first-order valence-electron chi connectivity index (χ1n) is 8.64. The van der Waals surface area contributed by atoms with Gasteiger partial charge in [0.15, 0.2) is 5.69 Å². The fourth-order valence-electron chi connectivity index (χ4n) is 2.75. The van der Waals surface area contributed by atoms with E-state index in [0.717, 1.165) is 21.4 Å². The molecule has 0 radical (unpaired) electrons. The number of nitrogens with zero attached hydrogens (tertiary/aromatic N) is 3. The number of carboxylic acids is 1. The molecule has 3 aromatic rings. The van der Waals surface area contributed by atoms with Crippen LogP contribution in [0.4, 0.5) is 0 Å². The fourth-order valence-corrected chi connectivity index (χ4v) is 2.88. The molecule has 3 rings (SSSR count). The van der Waals surface area contributed by atoms with E-state index in [1.165, 1.54) is 6.08 Å². The maximum atomic E-state index is 12.9. The van der Waals surface area contributed by atoms with E-state index in [1.807, 2.05) is 19.9 Å². The Morgan fingerprint density at radius 2 is 1.83 bits per heavy atom. The van der Waals surface area contributed by atoms with Crippen molar-refractivity contribution < 1.29 is 9.90 Å². The molecule has 0 saturated heterocycles. The predicted molar refractivity (Wildman–Crippen MR) is 111 cm³/mol. The molecule has 2 aromatic carbocycles. The molecule has 0 aliphatic heterocycles. The molecule has 144 valence electrons. The number of benzene rings is 2. The molecular weight excluding hydrogens is 390 g/mol. The third kappa shape index (κ3) is 4.10. The summed E-state index contributed by atoms with van der Waals surface area (Å²) in [6, 6.07) is 13.8. The largest absolute Gasteiger partial charge is 0.476 e. The molecule has 0 aliphatic carbocycles. The second kappa shape index (κ2) is 8.13. The van der Waals surface area contributed by atoms with Crippen molar-refractivity contribution >= 4 is 29.7 Å². The predicted octanol–water partition coefficient (Wildman–Crippen LogP) is 4.24. The fraction of sp³-hybridized carbons (Fsp3) is 0.0909. The summed E-state index contributed by atoms with van der Waals surface area (Å²) >= 11 is 5.86. The van der Waals surface area contributed by atoms with Crippen molar-refractivity contribution in [3.05, 3.63) is 91.4 Å². The minimum Gasteiger partial charge on any atom is -0.476 e. The number of aromatic nitrogens is 2. The first-order valence-corrected chi connectivity index (χ1v) is 9.01. The Morgan fingerprint density at radius 1 is 1.14 bits per heavy atom. The number of hydrogen-bond acceptors (Lipinski definition) is 4. The van der Waals surface area contributed by atoms with Gasteiger partial charge >= 0.3 is 5.97 Å². The Kier molecular flexibility index (Phi) is 5.62. The standard InChI is InChI=1S/C22H16ClN3O3/c1-13-3-9-17(11-14(13)2)26-21(27)19(12-24)18(20(25-26)22(28)29)10-6-15-4-7-16(23)8-5-15/h3-11H,1-2H3,(H,28,29)/b10-6-. The van der Waals surface area contributed by atoms with E-state index in [2.05, 4.69) is 5.10 Å². The Morgan fingerprint density at radius 3 is 2.41 bits per heavy atom. The van der Waals surface area contributed by atoms with Crippen LogP contribution in [0.3, 0.4) is 0 Å². The summed E-state index contributed by atoms with van der Waals surface area (Å²) in [5.74, 6) is -1.34. The van der Waals surface area contributed by atoms with E-state index in [0.29, 0.717) is 10.7 Å². The highest BCUT2D eigenvalue weighted by Crippen LogP contribution is 2.18. The summed E-state index contributed by atoms with van der Waals surface area (Å²) < 4.78 is 0.952. The molecule has 0 aliphatic rings. The van der Waals surface area contributed by atoms with Crippen molar-refractivity contribution in [3.8, 4) is 11.8 Å². The average molecular weight is 406 g/mol. The summed E-state index contributed by atoms with van der Waals surface area (Å²) in [6.45, 7) is 3.79. The molecule has 29 heavy (non-hydrogen) atoms. The zero-order valence-electron chi connectivity index (χ0n) is 15.7. The van der Waals surface area contributed by atoms with Gasteiger partial charge in [0.05, 0.1) is 5.69 Å². The molecular formula is C22H16ClN3O3. The highest BCUT2D eigenvalue weighted by atomic mass is 35.5. The van der Waals surface area contributed by atoms with Crippen LogP contribution < -0.4 is 5.56 Å². The lowest BCUT2D eigenvalue weighted by molar-refractivity contribution is 0.0688. The number of aryl methyl sites for hydroxylation is 2. The average Bonchev–Trinajstić information content (AvgIpc) is 2.69. The molecule has 1 N–H and O–H groups in total. The summed E-state index contributed by atoms with van der Waals surface area (Å²) in [7, 11) is 0. The first kappa shape index (κ1) is 20.1. The number of nitriles is 1. The number of hydrogen-bond donors (Lipinski definition) is 1.